The molecule has 0 atom stereocenters. The van der Waals surface area contributed by atoms with E-state index < -0.39 is 23.2 Å². The van der Waals surface area contributed by atoms with Gasteiger partial charge in [0.05, 0.1) is 5.56 Å². The van der Waals surface area contributed by atoms with Crippen LogP contribution in [-0.2, 0) is 6.18 Å². The molecule has 104 valence electrons. The van der Waals surface area contributed by atoms with Crippen LogP contribution in [0.5, 0.6) is 0 Å². The molecule has 0 aliphatic carbocycles. The zero-order valence-corrected chi connectivity index (χ0v) is 10.2. The minimum atomic E-state index is -4.56. The monoisotopic (exact) mass is 282 g/mol. The van der Waals surface area contributed by atoms with Crippen molar-refractivity contribution in [3.05, 3.63) is 65.5 Å². The molecule has 0 saturated heterocycles. The Labute approximate surface area is 112 Å². The molecule has 0 aliphatic rings. The second-order valence-corrected chi connectivity index (χ2v) is 4.03. The smallest absolute Gasteiger partial charge is 0.383 e. The Bertz CT molecular complexity index is 633. The number of halogens is 4. The van der Waals surface area contributed by atoms with E-state index in [2.05, 4.69) is 4.99 Å². The van der Waals surface area contributed by atoms with Gasteiger partial charge in [-0.1, -0.05) is 30.3 Å². The second kappa shape index (κ2) is 5.32. The number of nitrogens with two attached hydrogens (primary N) is 1. The molecule has 0 unspecified atom stereocenters. The largest absolute Gasteiger partial charge is 0.416 e. The van der Waals surface area contributed by atoms with Crippen LogP contribution in [-0.4, -0.2) is 5.84 Å². The molecule has 0 aliphatic heterocycles. The molecule has 0 amide bonds. The van der Waals surface area contributed by atoms with E-state index in [-0.39, 0.29) is 5.84 Å². The zero-order chi connectivity index (χ0) is 14.8. The van der Waals surface area contributed by atoms with E-state index in [9.17, 15) is 17.6 Å². The molecule has 2 nitrogen and oxygen atoms in total. The lowest BCUT2D eigenvalue weighted by Crippen LogP contribution is -2.12. The lowest BCUT2D eigenvalue weighted by molar-refractivity contribution is -0.137. The second-order valence-electron chi connectivity index (χ2n) is 4.03. The molecule has 0 aromatic heterocycles. The van der Waals surface area contributed by atoms with E-state index in [1.165, 1.54) is 0 Å². The first-order valence-electron chi connectivity index (χ1n) is 5.64. The zero-order valence-electron chi connectivity index (χ0n) is 10.2. The van der Waals surface area contributed by atoms with Crippen LogP contribution in [0.1, 0.15) is 11.1 Å². The number of hydrogen-bond acceptors (Lipinski definition) is 1. The Hall–Kier alpha value is -2.37. The molecule has 0 heterocycles. The van der Waals surface area contributed by atoms with Crippen LogP contribution < -0.4 is 5.73 Å². The van der Waals surface area contributed by atoms with Crippen molar-refractivity contribution in [2.75, 3.05) is 0 Å². The van der Waals surface area contributed by atoms with Crippen molar-refractivity contribution < 1.29 is 17.6 Å². The average molecular weight is 282 g/mol. The van der Waals surface area contributed by atoms with E-state index in [1.807, 2.05) is 0 Å². The Kier molecular flexibility index (Phi) is 3.74. The van der Waals surface area contributed by atoms with Crippen molar-refractivity contribution >= 4 is 11.5 Å². The van der Waals surface area contributed by atoms with Gasteiger partial charge >= 0.3 is 6.18 Å². The maximum absolute atomic E-state index is 13.5. The summed E-state index contributed by atoms with van der Waals surface area (Å²) in [4.78, 5) is 3.72. The van der Waals surface area contributed by atoms with E-state index in [1.54, 1.807) is 30.3 Å². The Balaban J connectivity index is 2.43. The van der Waals surface area contributed by atoms with E-state index in [4.69, 9.17) is 5.73 Å². The molecular formula is C14H10F4N2. The number of hydrogen-bond donors (Lipinski definition) is 1. The molecule has 2 aromatic carbocycles. The number of amidine groups is 1. The van der Waals surface area contributed by atoms with Crippen LogP contribution in [0.2, 0.25) is 0 Å². The van der Waals surface area contributed by atoms with Gasteiger partial charge in [0.2, 0.25) is 0 Å². The Morgan fingerprint density at radius 2 is 1.65 bits per heavy atom. The highest BCUT2D eigenvalue weighted by molar-refractivity contribution is 5.99. The first-order chi connectivity index (χ1) is 9.38. The van der Waals surface area contributed by atoms with Gasteiger partial charge in [-0.15, -0.1) is 0 Å². The van der Waals surface area contributed by atoms with Gasteiger partial charge in [-0.2, -0.15) is 13.2 Å². The molecule has 2 aromatic rings. The number of aliphatic imine (C=N–C) groups is 1. The van der Waals surface area contributed by atoms with Crippen LogP contribution in [0.3, 0.4) is 0 Å². The predicted octanol–water partition coefficient (Wildman–Crippen LogP) is 3.88. The summed E-state index contributed by atoms with van der Waals surface area (Å²) in [5.74, 6) is -0.916. The van der Waals surface area contributed by atoms with E-state index >= 15 is 0 Å². The molecule has 0 bridgehead atoms. The standard InChI is InChI=1S/C14H10F4N2/c15-11-7-6-10(14(16,17)18)8-12(11)20-13(19)9-4-2-1-3-5-9/h1-8H,(H2,19,20). The Morgan fingerprint density at radius 1 is 1.00 bits per heavy atom. The summed E-state index contributed by atoms with van der Waals surface area (Å²) >= 11 is 0. The van der Waals surface area contributed by atoms with Crippen LogP contribution >= 0.6 is 0 Å². The minimum Gasteiger partial charge on any atom is -0.383 e. The summed E-state index contributed by atoms with van der Waals surface area (Å²) < 4.78 is 51.2. The van der Waals surface area contributed by atoms with Gasteiger partial charge < -0.3 is 5.73 Å². The van der Waals surface area contributed by atoms with E-state index in [0.29, 0.717) is 17.7 Å². The summed E-state index contributed by atoms with van der Waals surface area (Å²) in [7, 11) is 0. The number of benzene rings is 2. The first kappa shape index (κ1) is 14.0. The Morgan fingerprint density at radius 3 is 2.25 bits per heavy atom. The van der Waals surface area contributed by atoms with Crippen LogP contribution in [0.15, 0.2) is 53.5 Å². The third kappa shape index (κ3) is 3.14. The fourth-order valence-electron chi connectivity index (χ4n) is 1.58. The van der Waals surface area contributed by atoms with Gasteiger partial charge in [-0.05, 0) is 18.2 Å². The predicted molar refractivity (Wildman–Crippen MR) is 68.2 cm³/mol. The molecule has 0 saturated carbocycles. The SMILES string of the molecule is NC(=Nc1cc(C(F)(F)F)ccc1F)c1ccccc1. The maximum atomic E-state index is 13.5. The fraction of sp³-hybridized carbons (Fsp3) is 0.0714. The first-order valence-corrected chi connectivity index (χ1v) is 5.64. The topological polar surface area (TPSA) is 38.4 Å². The lowest BCUT2D eigenvalue weighted by atomic mass is 10.1. The number of alkyl halides is 3. The summed E-state index contributed by atoms with van der Waals surface area (Å²) in [6, 6.07) is 10.4. The van der Waals surface area contributed by atoms with E-state index in [0.717, 1.165) is 6.07 Å². The molecule has 0 fully saturated rings. The molecule has 0 radical (unpaired) electrons. The average Bonchev–Trinajstić information content (AvgIpc) is 2.41. The van der Waals surface area contributed by atoms with Gasteiger partial charge in [-0.3, -0.25) is 0 Å². The van der Waals surface area contributed by atoms with Gasteiger partial charge in [-0.25, -0.2) is 9.38 Å². The molecule has 6 heteroatoms. The van der Waals surface area contributed by atoms with Crippen molar-refractivity contribution in [3.8, 4) is 0 Å². The highest BCUT2D eigenvalue weighted by Gasteiger charge is 2.31. The van der Waals surface area contributed by atoms with Crippen molar-refractivity contribution in [2.24, 2.45) is 10.7 Å². The molecule has 2 rings (SSSR count). The highest BCUT2D eigenvalue weighted by atomic mass is 19.4. The summed E-state index contributed by atoms with van der Waals surface area (Å²) in [6.07, 6.45) is -4.56. The lowest BCUT2D eigenvalue weighted by Gasteiger charge is -2.08. The normalized spacial score (nSPS) is 12.5. The quantitative estimate of drug-likeness (QED) is 0.506. The van der Waals surface area contributed by atoms with Gasteiger partial charge in [0.25, 0.3) is 0 Å². The molecule has 2 N–H and O–H groups in total. The van der Waals surface area contributed by atoms with Crippen LogP contribution in [0.25, 0.3) is 0 Å². The maximum Gasteiger partial charge on any atom is 0.416 e. The van der Waals surface area contributed by atoms with Crippen molar-refractivity contribution in [1.82, 2.24) is 0 Å². The van der Waals surface area contributed by atoms with Gasteiger partial charge in [0, 0.05) is 5.56 Å². The third-order valence-electron chi connectivity index (χ3n) is 2.58. The van der Waals surface area contributed by atoms with Crippen molar-refractivity contribution in [3.63, 3.8) is 0 Å². The number of nitrogens with zero attached hydrogens (tertiary/aromatic N) is 1. The summed E-state index contributed by atoms with van der Waals surface area (Å²) in [5.41, 5.74) is 4.74. The van der Waals surface area contributed by atoms with Crippen LogP contribution in [0, 0.1) is 5.82 Å². The summed E-state index contributed by atoms with van der Waals surface area (Å²) in [5, 5.41) is 0. The summed E-state index contributed by atoms with van der Waals surface area (Å²) in [6.45, 7) is 0. The van der Waals surface area contributed by atoms with Crippen LogP contribution in [0.4, 0.5) is 23.2 Å². The highest BCUT2D eigenvalue weighted by Crippen LogP contribution is 2.32. The minimum absolute atomic E-state index is 0.0520. The number of rotatable bonds is 2. The van der Waals surface area contributed by atoms with Crippen molar-refractivity contribution in [1.29, 1.82) is 0 Å². The van der Waals surface area contributed by atoms with Gasteiger partial charge in [0.15, 0.2) is 0 Å². The third-order valence-corrected chi connectivity index (χ3v) is 2.58. The van der Waals surface area contributed by atoms with Crippen molar-refractivity contribution in [2.45, 2.75) is 6.18 Å². The molecule has 20 heavy (non-hydrogen) atoms. The van der Waals surface area contributed by atoms with Gasteiger partial charge in [0.1, 0.15) is 17.3 Å². The molecular weight excluding hydrogens is 272 g/mol. The fourth-order valence-corrected chi connectivity index (χ4v) is 1.58. The molecule has 0 spiro atoms.